The topological polar surface area (TPSA) is 83.6 Å². The summed E-state index contributed by atoms with van der Waals surface area (Å²) in [6.45, 7) is 2.62. The van der Waals surface area contributed by atoms with Gasteiger partial charge in [0.25, 0.3) is 0 Å². The third-order valence-electron chi connectivity index (χ3n) is 4.61. The molecule has 1 aliphatic rings. The molecule has 3 rings (SSSR count). The molecule has 1 aromatic heterocycles. The van der Waals surface area contributed by atoms with Gasteiger partial charge in [-0.05, 0) is 31.9 Å². The molecule has 1 fully saturated rings. The van der Waals surface area contributed by atoms with Crippen molar-refractivity contribution in [2.45, 2.75) is 25.5 Å². The lowest BCUT2D eigenvalue weighted by Gasteiger charge is -2.37. The van der Waals surface area contributed by atoms with Crippen LogP contribution in [-0.2, 0) is 15.3 Å². The third kappa shape index (κ3) is 4.27. The van der Waals surface area contributed by atoms with Crippen molar-refractivity contribution in [2.75, 3.05) is 18.8 Å². The number of thioether (sulfide) groups is 1. The van der Waals surface area contributed by atoms with Crippen LogP contribution in [0.5, 0.6) is 0 Å². The fourth-order valence-corrected chi connectivity index (χ4v) is 3.85. The van der Waals surface area contributed by atoms with Crippen LogP contribution in [-0.4, -0.2) is 45.7 Å². The highest BCUT2D eigenvalue weighted by atomic mass is 32.2. The average Bonchev–Trinajstić information content (AvgIpc) is 3.11. The minimum absolute atomic E-state index is 0.0195. The fraction of sp³-hybridized carbons (Fsp3) is 0.421. The standard InChI is InChI=1S/C19H22N2O4S/c1-19(18(23)24)8-5-9-21(13-19)16(22)12-26-11-15-10-25-17(20-15)14-6-3-2-4-7-14/h2-4,6-7,10H,5,8-9,11-13H2,1H3,(H,23,24). The second-order valence-electron chi connectivity index (χ2n) is 6.79. The Morgan fingerprint density at radius 2 is 2.12 bits per heavy atom. The summed E-state index contributed by atoms with van der Waals surface area (Å²) in [5.74, 6) is 0.600. The second-order valence-corrected chi connectivity index (χ2v) is 7.77. The quantitative estimate of drug-likeness (QED) is 0.835. The smallest absolute Gasteiger partial charge is 0.311 e. The van der Waals surface area contributed by atoms with Crippen molar-refractivity contribution < 1.29 is 19.1 Å². The summed E-state index contributed by atoms with van der Waals surface area (Å²) < 4.78 is 5.49. The molecule has 2 heterocycles. The zero-order chi connectivity index (χ0) is 18.6. The van der Waals surface area contributed by atoms with Crippen molar-refractivity contribution in [1.29, 1.82) is 0 Å². The number of aliphatic carboxylic acids is 1. The molecule has 138 valence electrons. The van der Waals surface area contributed by atoms with Gasteiger partial charge in [0.05, 0.1) is 16.9 Å². The molecule has 6 nitrogen and oxygen atoms in total. The van der Waals surface area contributed by atoms with E-state index in [-0.39, 0.29) is 12.5 Å². The highest BCUT2D eigenvalue weighted by molar-refractivity contribution is 7.99. The number of nitrogens with zero attached hydrogens (tertiary/aromatic N) is 2. The molecule has 1 unspecified atom stereocenters. The Labute approximate surface area is 156 Å². The molecule has 2 aromatic rings. The summed E-state index contributed by atoms with van der Waals surface area (Å²) in [7, 11) is 0. The van der Waals surface area contributed by atoms with Crippen LogP contribution in [0.15, 0.2) is 41.0 Å². The van der Waals surface area contributed by atoms with Gasteiger partial charge in [0, 0.05) is 24.4 Å². The summed E-state index contributed by atoms with van der Waals surface area (Å²) in [5, 5.41) is 9.36. The first-order valence-corrected chi connectivity index (χ1v) is 9.72. The Balaban J connectivity index is 1.50. The lowest BCUT2D eigenvalue weighted by molar-refractivity contribution is -0.153. The minimum Gasteiger partial charge on any atom is -0.481 e. The van der Waals surface area contributed by atoms with Gasteiger partial charge in [-0.15, -0.1) is 11.8 Å². The van der Waals surface area contributed by atoms with Crippen LogP contribution >= 0.6 is 11.8 Å². The van der Waals surface area contributed by atoms with Crippen molar-refractivity contribution in [3.63, 3.8) is 0 Å². The molecule has 0 aliphatic carbocycles. The van der Waals surface area contributed by atoms with Crippen LogP contribution in [0.1, 0.15) is 25.5 Å². The number of hydrogen-bond acceptors (Lipinski definition) is 5. The molecule has 1 aliphatic heterocycles. The third-order valence-corrected chi connectivity index (χ3v) is 5.56. The Morgan fingerprint density at radius 3 is 2.85 bits per heavy atom. The Morgan fingerprint density at radius 1 is 1.35 bits per heavy atom. The van der Waals surface area contributed by atoms with Crippen molar-refractivity contribution in [3.8, 4) is 11.5 Å². The normalized spacial score (nSPS) is 20.1. The molecule has 26 heavy (non-hydrogen) atoms. The van der Waals surface area contributed by atoms with Gasteiger partial charge in [-0.25, -0.2) is 4.98 Å². The molecule has 7 heteroatoms. The average molecular weight is 374 g/mol. The first-order valence-electron chi connectivity index (χ1n) is 8.57. The number of piperidine rings is 1. The van der Waals surface area contributed by atoms with E-state index in [1.165, 1.54) is 11.8 Å². The molecule has 1 saturated heterocycles. The number of carboxylic acids is 1. The minimum atomic E-state index is -0.838. The first kappa shape index (κ1) is 18.5. The highest BCUT2D eigenvalue weighted by Gasteiger charge is 2.39. The van der Waals surface area contributed by atoms with Gasteiger partial charge in [0.1, 0.15) is 6.26 Å². The predicted molar refractivity (Wildman–Crippen MR) is 99.7 cm³/mol. The van der Waals surface area contributed by atoms with E-state index >= 15 is 0 Å². The zero-order valence-electron chi connectivity index (χ0n) is 14.7. The number of benzene rings is 1. The maximum absolute atomic E-state index is 12.4. The first-order chi connectivity index (χ1) is 12.5. The van der Waals surface area contributed by atoms with Crippen LogP contribution in [0.3, 0.4) is 0 Å². The van der Waals surface area contributed by atoms with E-state index in [4.69, 9.17) is 4.42 Å². The number of rotatable bonds is 6. The molecule has 1 atom stereocenters. The summed E-state index contributed by atoms with van der Waals surface area (Å²) in [4.78, 5) is 29.9. The highest BCUT2D eigenvalue weighted by Crippen LogP contribution is 2.30. The van der Waals surface area contributed by atoms with Gasteiger partial charge in [-0.2, -0.15) is 0 Å². The Hall–Kier alpha value is -2.28. The number of carboxylic acid groups (broad SMARTS) is 1. The van der Waals surface area contributed by atoms with Crippen molar-refractivity contribution >= 4 is 23.6 Å². The maximum Gasteiger partial charge on any atom is 0.311 e. The Kier molecular flexibility index (Phi) is 5.66. The van der Waals surface area contributed by atoms with Gasteiger partial charge < -0.3 is 14.4 Å². The fourth-order valence-electron chi connectivity index (χ4n) is 3.05. The van der Waals surface area contributed by atoms with Gasteiger partial charge in [-0.3, -0.25) is 9.59 Å². The molecule has 1 N–H and O–H groups in total. The van der Waals surface area contributed by atoms with Gasteiger partial charge >= 0.3 is 5.97 Å². The molecule has 0 bridgehead atoms. The monoisotopic (exact) mass is 374 g/mol. The van der Waals surface area contributed by atoms with Crippen molar-refractivity contribution in [1.82, 2.24) is 9.88 Å². The summed E-state index contributed by atoms with van der Waals surface area (Å²) in [5.41, 5.74) is 0.867. The van der Waals surface area contributed by atoms with Crippen molar-refractivity contribution in [2.24, 2.45) is 5.41 Å². The molecule has 1 aromatic carbocycles. The van der Waals surface area contributed by atoms with Crippen LogP contribution in [0.2, 0.25) is 0 Å². The number of likely N-dealkylation sites (tertiary alicyclic amines) is 1. The van der Waals surface area contributed by atoms with Gasteiger partial charge in [0.15, 0.2) is 0 Å². The van der Waals surface area contributed by atoms with Crippen molar-refractivity contribution in [3.05, 3.63) is 42.3 Å². The van der Waals surface area contributed by atoms with E-state index in [0.717, 1.165) is 17.7 Å². The van der Waals surface area contributed by atoms with E-state index in [1.54, 1.807) is 18.1 Å². The van der Waals surface area contributed by atoms with Crippen LogP contribution in [0, 0.1) is 5.41 Å². The second kappa shape index (κ2) is 7.95. The number of carbonyl (C=O) groups excluding carboxylic acids is 1. The number of oxazole rings is 1. The Bertz CT molecular complexity index is 777. The summed E-state index contributed by atoms with van der Waals surface area (Å²) in [6.07, 6.45) is 2.95. The zero-order valence-corrected chi connectivity index (χ0v) is 15.5. The van der Waals surface area contributed by atoms with E-state index < -0.39 is 11.4 Å². The lowest BCUT2D eigenvalue weighted by Crippen LogP contribution is -2.48. The van der Waals surface area contributed by atoms with E-state index in [0.29, 0.717) is 30.4 Å². The molecule has 0 radical (unpaired) electrons. The van der Waals surface area contributed by atoms with E-state index in [2.05, 4.69) is 4.98 Å². The number of carbonyl (C=O) groups is 2. The number of aromatic nitrogens is 1. The molecule has 0 spiro atoms. The molecule has 1 amide bonds. The molecule has 0 saturated carbocycles. The maximum atomic E-state index is 12.4. The summed E-state index contributed by atoms with van der Waals surface area (Å²) in [6, 6.07) is 9.65. The van der Waals surface area contributed by atoms with Gasteiger partial charge in [0.2, 0.25) is 11.8 Å². The number of hydrogen-bond donors (Lipinski definition) is 1. The number of amides is 1. The SMILES string of the molecule is CC1(C(=O)O)CCCN(C(=O)CSCc2coc(-c3ccccc3)n2)C1. The molecular weight excluding hydrogens is 352 g/mol. The molecular formula is C19H22N2O4S. The van der Waals surface area contributed by atoms with Crippen LogP contribution in [0.25, 0.3) is 11.5 Å². The summed E-state index contributed by atoms with van der Waals surface area (Å²) >= 11 is 1.46. The van der Waals surface area contributed by atoms with Crippen LogP contribution < -0.4 is 0 Å². The van der Waals surface area contributed by atoms with E-state index in [1.807, 2.05) is 30.3 Å². The van der Waals surface area contributed by atoms with Gasteiger partial charge in [-0.1, -0.05) is 18.2 Å². The van der Waals surface area contributed by atoms with Crippen LogP contribution in [0.4, 0.5) is 0 Å². The largest absolute Gasteiger partial charge is 0.481 e. The lowest BCUT2D eigenvalue weighted by atomic mass is 9.82. The van der Waals surface area contributed by atoms with E-state index in [9.17, 15) is 14.7 Å². The predicted octanol–water partition coefficient (Wildman–Crippen LogP) is 3.29.